The van der Waals surface area contributed by atoms with E-state index in [0.29, 0.717) is 18.2 Å². The molecule has 25 heavy (non-hydrogen) atoms. The summed E-state index contributed by atoms with van der Waals surface area (Å²) in [6.45, 7) is 4.25. The lowest BCUT2D eigenvalue weighted by molar-refractivity contribution is 0.168. The van der Waals surface area contributed by atoms with Gasteiger partial charge in [0.25, 0.3) is 5.88 Å². The van der Waals surface area contributed by atoms with Gasteiger partial charge in [-0.15, -0.1) is 0 Å². The van der Waals surface area contributed by atoms with Crippen LogP contribution in [0, 0.1) is 5.82 Å². The number of rotatable bonds is 7. The molecule has 0 saturated heterocycles. The summed E-state index contributed by atoms with van der Waals surface area (Å²) in [5, 5.41) is 2.33. The largest absolute Gasteiger partial charge is 0.475 e. The van der Waals surface area contributed by atoms with Crippen molar-refractivity contribution in [3.63, 3.8) is 0 Å². The fourth-order valence-corrected chi connectivity index (χ4v) is 2.05. The van der Waals surface area contributed by atoms with Gasteiger partial charge in [-0.25, -0.2) is 14.2 Å². The van der Waals surface area contributed by atoms with Gasteiger partial charge in [0.2, 0.25) is 0 Å². The Morgan fingerprint density at radius 2 is 2.12 bits per heavy atom. The fourth-order valence-electron chi connectivity index (χ4n) is 1.86. The Morgan fingerprint density at radius 3 is 2.84 bits per heavy atom. The molecule has 0 radical (unpaired) electrons. The second kappa shape index (κ2) is 9.08. The highest BCUT2D eigenvalue weighted by Crippen LogP contribution is 2.36. The number of ether oxygens (including phenoxy) is 3. The summed E-state index contributed by atoms with van der Waals surface area (Å²) >= 11 is 6.04. The molecule has 0 aliphatic carbocycles. The molecule has 1 heterocycles. The van der Waals surface area contributed by atoms with E-state index in [2.05, 4.69) is 10.3 Å². The molecule has 1 aromatic carbocycles. The number of aromatic nitrogens is 1. The smallest absolute Gasteiger partial charge is 0.411 e. The van der Waals surface area contributed by atoms with Crippen molar-refractivity contribution in [2.45, 2.75) is 20.3 Å². The third-order valence-electron chi connectivity index (χ3n) is 2.93. The average Bonchev–Trinajstić information content (AvgIpc) is 2.58. The Bertz CT molecular complexity index is 743. The number of halogens is 2. The molecule has 2 aromatic rings. The fraction of sp³-hybridized carbons (Fsp3) is 0.294. The first-order chi connectivity index (χ1) is 12.0. The molecule has 2 rings (SSSR count). The van der Waals surface area contributed by atoms with Crippen molar-refractivity contribution in [1.29, 1.82) is 0 Å². The van der Waals surface area contributed by atoms with Gasteiger partial charge in [0.1, 0.15) is 11.6 Å². The van der Waals surface area contributed by atoms with E-state index in [1.807, 2.05) is 6.92 Å². The van der Waals surface area contributed by atoms with Gasteiger partial charge in [-0.05, 0) is 31.5 Å². The lowest BCUT2D eigenvalue weighted by Gasteiger charge is -2.13. The van der Waals surface area contributed by atoms with Gasteiger partial charge in [0.15, 0.2) is 5.75 Å². The van der Waals surface area contributed by atoms with Crippen LogP contribution in [0.2, 0.25) is 5.02 Å². The summed E-state index contributed by atoms with van der Waals surface area (Å²) in [6, 6.07) is 5.63. The molecule has 0 aliphatic heterocycles. The van der Waals surface area contributed by atoms with Crippen LogP contribution in [0.4, 0.5) is 14.9 Å². The lowest BCUT2D eigenvalue weighted by Crippen LogP contribution is -2.14. The van der Waals surface area contributed by atoms with Crippen LogP contribution in [0.1, 0.15) is 20.3 Å². The van der Waals surface area contributed by atoms with Crippen LogP contribution in [0.3, 0.4) is 0 Å². The zero-order chi connectivity index (χ0) is 18.2. The van der Waals surface area contributed by atoms with Crippen molar-refractivity contribution in [1.82, 2.24) is 4.98 Å². The summed E-state index contributed by atoms with van der Waals surface area (Å²) in [7, 11) is 0. The highest BCUT2D eigenvalue weighted by Gasteiger charge is 2.15. The highest BCUT2D eigenvalue weighted by atomic mass is 35.5. The Morgan fingerprint density at radius 1 is 1.32 bits per heavy atom. The Labute approximate surface area is 149 Å². The first-order valence-corrected chi connectivity index (χ1v) is 8.11. The second-order valence-corrected chi connectivity index (χ2v) is 5.27. The van der Waals surface area contributed by atoms with Crippen LogP contribution >= 0.6 is 11.6 Å². The van der Waals surface area contributed by atoms with E-state index in [9.17, 15) is 9.18 Å². The number of amides is 1. The predicted molar refractivity (Wildman–Crippen MR) is 92.2 cm³/mol. The van der Waals surface area contributed by atoms with Crippen LogP contribution in [-0.4, -0.2) is 24.3 Å². The molecular formula is C17H18ClFN2O4. The van der Waals surface area contributed by atoms with Gasteiger partial charge in [-0.2, -0.15) is 0 Å². The minimum atomic E-state index is -0.775. The van der Waals surface area contributed by atoms with Crippen molar-refractivity contribution in [2.24, 2.45) is 0 Å². The molecule has 0 atom stereocenters. The van der Waals surface area contributed by atoms with Crippen molar-refractivity contribution in [3.05, 3.63) is 41.3 Å². The van der Waals surface area contributed by atoms with Crippen LogP contribution in [-0.2, 0) is 4.74 Å². The number of nitrogens with zero attached hydrogens (tertiary/aromatic N) is 1. The third-order valence-corrected chi connectivity index (χ3v) is 3.23. The quantitative estimate of drug-likeness (QED) is 0.742. The van der Waals surface area contributed by atoms with Gasteiger partial charge < -0.3 is 14.2 Å². The molecule has 0 unspecified atom stereocenters. The molecule has 0 bridgehead atoms. The number of pyridine rings is 1. The molecule has 1 N–H and O–H groups in total. The SMILES string of the molecule is CCCOc1ncccc1Oc1cc(NC(=O)OCC)c(F)cc1Cl. The van der Waals surface area contributed by atoms with Crippen LogP contribution < -0.4 is 14.8 Å². The number of carbonyl (C=O) groups excluding carboxylic acids is 1. The summed E-state index contributed by atoms with van der Waals surface area (Å²) in [6.07, 6.45) is 1.60. The number of hydrogen-bond donors (Lipinski definition) is 1. The molecule has 1 aromatic heterocycles. The second-order valence-electron chi connectivity index (χ2n) is 4.87. The first kappa shape index (κ1) is 18.8. The minimum Gasteiger partial charge on any atom is -0.475 e. The summed E-state index contributed by atoms with van der Waals surface area (Å²) in [4.78, 5) is 15.6. The third kappa shape index (κ3) is 5.22. The zero-order valence-electron chi connectivity index (χ0n) is 13.8. The number of carbonyl (C=O) groups is 1. The number of hydrogen-bond acceptors (Lipinski definition) is 5. The monoisotopic (exact) mass is 368 g/mol. The van der Waals surface area contributed by atoms with E-state index < -0.39 is 11.9 Å². The molecule has 0 fully saturated rings. The van der Waals surface area contributed by atoms with Crippen LogP contribution in [0.25, 0.3) is 0 Å². The first-order valence-electron chi connectivity index (χ1n) is 7.73. The normalized spacial score (nSPS) is 10.2. The van der Waals surface area contributed by atoms with Gasteiger partial charge in [0.05, 0.1) is 23.9 Å². The Balaban J connectivity index is 2.26. The van der Waals surface area contributed by atoms with Crippen molar-refractivity contribution < 1.29 is 23.4 Å². The zero-order valence-corrected chi connectivity index (χ0v) is 14.6. The number of benzene rings is 1. The molecule has 8 heteroatoms. The maximum atomic E-state index is 14.0. The molecule has 134 valence electrons. The minimum absolute atomic E-state index is 0.0391. The van der Waals surface area contributed by atoms with E-state index in [4.69, 9.17) is 25.8 Å². The molecule has 0 spiro atoms. The van der Waals surface area contributed by atoms with Crippen molar-refractivity contribution in [2.75, 3.05) is 18.5 Å². The molecule has 1 amide bonds. The molecular weight excluding hydrogens is 351 g/mol. The van der Waals surface area contributed by atoms with Gasteiger partial charge in [-0.3, -0.25) is 5.32 Å². The van der Waals surface area contributed by atoms with E-state index in [1.54, 1.807) is 25.3 Å². The standard InChI is InChI=1S/C17H18ClFN2O4/c1-3-8-24-16-14(6-5-7-20-16)25-15-10-13(12(19)9-11(15)18)21-17(22)23-4-2/h5-7,9-10H,3-4,8H2,1-2H3,(H,21,22). The summed E-state index contributed by atoms with van der Waals surface area (Å²) in [5.41, 5.74) is -0.113. The molecule has 0 aliphatic rings. The number of nitrogens with one attached hydrogen (secondary N) is 1. The Hall–Kier alpha value is -2.54. The summed E-state index contributed by atoms with van der Waals surface area (Å²) < 4.78 is 29.9. The summed E-state index contributed by atoms with van der Waals surface area (Å²) in [5.74, 6) is 0.0550. The van der Waals surface area contributed by atoms with E-state index in [0.717, 1.165) is 12.5 Å². The van der Waals surface area contributed by atoms with Crippen molar-refractivity contribution in [3.8, 4) is 17.4 Å². The van der Waals surface area contributed by atoms with E-state index in [1.165, 1.54) is 6.07 Å². The van der Waals surface area contributed by atoms with Gasteiger partial charge in [-0.1, -0.05) is 18.5 Å². The van der Waals surface area contributed by atoms with Gasteiger partial charge >= 0.3 is 6.09 Å². The Kier molecular flexibility index (Phi) is 6.82. The van der Waals surface area contributed by atoms with E-state index in [-0.39, 0.29) is 23.1 Å². The maximum Gasteiger partial charge on any atom is 0.411 e. The number of anilines is 1. The van der Waals surface area contributed by atoms with Crippen LogP contribution in [0.15, 0.2) is 30.5 Å². The topological polar surface area (TPSA) is 69.7 Å². The van der Waals surface area contributed by atoms with Gasteiger partial charge in [0, 0.05) is 12.3 Å². The van der Waals surface area contributed by atoms with Crippen LogP contribution in [0.5, 0.6) is 17.4 Å². The van der Waals surface area contributed by atoms with E-state index >= 15 is 0 Å². The molecule has 6 nitrogen and oxygen atoms in total. The predicted octanol–water partition coefficient (Wildman–Crippen LogP) is 5.02. The molecule has 0 saturated carbocycles. The highest BCUT2D eigenvalue weighted by molar-refractivity contribution is 6.32. The average molecular weight is 369 g/mol. The lowest BCUT2D eigenvalue weighted by atomic mass is 10.3. The van der Waals surface area contributed by atoms with Crippen molar-refractivity contribution >= 4 is 23.4 Å². The maximum absolute atomic E-state index is 14.0.